The Hall–Kier alpha value is -4.04. The van der Waals surface area contributed by atoms with E-state index in [4.69, 9.17) is 5.73 Å². The quantitative estimate of drug-likeness (QED) is 0.256. The SMILES string of the molecule is CN/C(=C\C(=C/Cc1ccc(-c2ccc(N)cc2)cc1)c1ccccc1)c1ccccc1. The minimum absolute atomic E-state index is 0.786. The molecule has 0 radical (unpaired) electrons. The Labute approximate surface area is 190 Å². The molecule has 0 aliphatic heterocycles. The van der Waals surface area contributed by atoms with E-state index in [9.17, 15) is 0 Å². The van der Waals surface area contributed by atoms with Crippen molar-refractivity contribution in [1.29, 1.82) is 0 Å². The van der Waals surface area contributed by atoms with Crippen LogP contribution in [0.5, 0.6) is 0 Å². The highest BCUT2D eigenvalue weighted by Crippen LogP contribution is 2.24. The third-order valence-electron chi connectivity index (χ3n) is 5.52. The molecule has 0 saturated heterocycles. The summed E-state index contributed by atoms with van der Waals surface area (Å²) in [5.74, 6) is 0. The normalized spacial score (nSPS) is 11.9. The fourth-order valence-corrected chi connectivity index (χ4v) is 3.70. The first-order valence-corrected chi connectivity index (χ1v) is 10.9. The van der Waals surface area contributed by atoms with Crippen molar-refractivity contribution in [2.75, 3.05) is 12.8 Å². The molecule has 158 valence electrons. The van der Waals surface area contributed by atoms with Crippen LogP contribution in [0.25, 0.3) is 22.4 Å². The molecule has 4 aromatic carbocycles. The number of nitrogen functional groups attached to an aromatic ring is 1. The number of rotatable bonds is 7. The van der Waals surface area contributed by atoms with Gasteiger partial charge in [-0.25, -0.2) is 0 Å². The van der Waals surface area contributed by atoms with Crippen LogP contribution in [0.4, 0.5) is 5.69 Å². The Balaban J connectivity index is 1.61. The van der Waals surface area contributed by atoms with E-state index >= 15 is 0 Å². The van der Waals surface area contributed by atoms with Crippen molar-refractivity contribution >= 4 is 17.0 Å². The molecule has 4 aromatic rings. The molecule has 4 rings (SSSR count). The summed E-state index contributed by atoms with van der Waals surface area (Å²) >= 11 is 0. The van der Waals surface area contributed by atoms with Crippen LogP contribution in [-0.2, 0) is 6.42 Å². The van der Waals surface area contributed by atoms with E-state index < -0.39 is 0 Å². The number of nitrogens with two attached hydrogens (primary N) is 1. The molecule has 0 aliphatic carbocycles. The summed E-state index contributed by atoms with van der Waals surface area (Å²) in [6.07, 6.45) is 5.38. The zero-order valence-corrected chi connectivity index (χ0v) is 18.3. The zero-order chi connectivity index (χ0) is 22.2. The van der Waals surface area contributed by atoms with Crippen molar-refractivity contribution in [3.8, 4) is 11.1 Å². The zero-order valence-electron chi connectivity index (χ0n) is 18.3. The maximum Gasteiger partial charge on any atom is 0.0417 e. The van der Waals surface area contributed by atoms with Crippen molar-refractivity contribution in [2.45, 2.75) is 6.42 Å². The number of anilines is 1. The van der Waals surface area contributed by atoms with Gasteiger partial charge < -0.3 is 11.1 Å². The van der Waals surface area contributed by atoms with E-state index in [1.54, 1.807) is 0 Å². The lowest BCUT2D eigenvalue weighted by atomic mass is 9.98. The minimum Gasteiger partial charge on any atom is -0.399 e. The first kappa shape index (κ1) is 21.2. The van der Waals surface area contributed by atoms with Crippen LogP contribution >= 0.6 is 0 Å². The highest BCUT2D eigenvalue weighted by molar-refractivity contribution is 5.83. The third-order valence-corrected chi connectivity index (χ3v) is 5.52. The lowest BCUT2D eigenvalue weighted by Gasteiger charge is -2.10. The molecule has 0 unspecified atom stereocenters. The fraction of sp³-hybridized carbons (Fsp3) is 0.0667. The second kappa shape index (κ2) is 10.3. The summed E-state index contributed by atoms with van der Waals surface area (Å²) in [5, 5.41) is 3.36. The van der Waals surface area contributed by atoms with Gasteiger partial charge in [-0.2, -0.15) is 0 Å². The summed E-state index contributed by atoms with van der Waals surface area (Å²) in [4.78, 5) is 0. The largest absolute Gasteiger partial charge is 0.399 e. The van der Waals surface area contributed by atoms with Crippen LogP contribution in [0.2, 0.25) is 0 Å². The molecule has 2 heteroatoms. The first-order valence-electron chi connectivity index (χ1n) is 10.9. The lowest BCUT2D eigenvalue weighted by molar-refractivity contribution is 1.13. The monoisotopic (exact) mass is 416 g/mol. The third kappa shape index (κ3) is 5.35. The number of hydrogen-bond acceptors (Lipinski definition) is 2. The van der Waals surface area contributed by atoms with E-state index in [-0.39, 0.29) is 0 Å². The Morgan fingerprint density at radius 2 is 1.22 bits per heavy atom. The van der Waals surface area contributed by atoms with E-state index in [1.165, 1.54) is 33.4 Å². The van der Waals surface area contributed by atoms with Crippen LogP contribution in [0.3, 0.4) is 0 Å². The van der Waals surface area contributed by atoms with Gasteiger partial charge in [0.05, 0.1) is 0 Å². The number of nitrogens with one attached hydrogen (secondary N) is 1. The van der Waals surface area contributed by atoms with Gasteiger partial charge >= 0.3 is 0 Å². The Bertz CT molecular complexity index is 1190. The molecular formula is C30H28N2. The van der Waals surface area contributed by atoms with Gasteiger partial charge in [-0.05, 0) is 58.0 Å². The maximum atomic E-state index is 5.81. The summed E-state index contributed by atoms with van der Waals surface area (Å²) in [6.45, 7) is 0. The van der Waals surface area contributed by atoms with Crippen molar-refractivity contribution in [3.05, 3.63) is 138 Å². The maximum absolute atomic E-state index is 5.81. The van der Waals surface area contributed by atoms with Gasteiger partial charge in [-0.3, -0.25) is 0 Å². The van der Waals surface area contributed by atoms with Crippen molar-refractivity contribution in [3.63, 3.8) is 0 Å². The molecule has 0 heterocycles. The van der Waals surface area contributed by atoms with E-state index in [1.807, 2.05) is 25.2 Å². The van der Waals surface area contributed by atoms with Crippen LogP contribution in [0, 0.1) is 0 Å². The van der Waals surface area contributed by atoms with Crippen molar-refractivity contribution < 1.29 is 0 Å². The molecule has 0 aliphatic rings. The van der Waals surface area contributed by atoms with Gasteiger partial charge in [-0.1, -0.05) is 103 Å². The number of allylic oxidation sites excluding steroid dienone is 3. The smallest absolute Gasteiger partial charge is 0.0417 e. The Morgan fingerprint density at radius 1 is 0.688 bits per heavy atom. The average molecular weight is 417 g/mol. The lowest BCUT2D eigenvalue weighted by Crippen LogP contribution is -2.05. The minimum atomic E-state index is 0.786. The summed E-state index contributed by atoms with van der Waals surface area (Å²) < 4.78 is 0. The van der Waals surface area contributed by atoms with Crippen LogP contribution in [0.15, 0.2) is 121 Å². The summed E-state index contributed by atoms with van der Waals surface area (Å²) in [5.41, 5.74) is 14.9. The standard InChI is InChI=1S/C30H28N2/c1-32-30(27-10-6-3-7-11-27)22-28(24-8-4-2-5-9-24)17-14-23-12-15-25(16-13-23)26-18-20-29(31)21-19-26/h2-13,15-22,32H,14,31H2,1H3/b28-17+,30-22-. The van der Waals surface area contributed by atoms with E-state index in [2.05, 4.69) is 108 Å². The van der Waals surface area contributed by atoms with Crippen LogP contribution < -0.4 is 11.1 Å². The predicted octanol–water partition coefficient (Wildman–Crippen LogP) is 6.82. The summed E-state index contributed by atoms with van der Waals surface area (Å²) in [7, 11) is 1.97. The van der Waals surface area contributed by atoms with Crippen molar-refractivity contribution in [1.82, 2.24) is 5.32 Å². The van der Waals surface area contributed by atoms with Crippen LogP contribution in [-0.4, -0.2) is 7.05 Å². The first-order chi connectivity index (χ1) is 15.7. The molecule has 0 bridgehead atoms. The fourth-order valence-electron chi connectivity index (χ4n) is 3.70. The van der Waals surface area contributed by atoms with Crippen molar-refractivity contribution in [2.24, 2.45) is 0 Å². The van der Waals surface area contributed by atoms with Gasteiger partial charge in [0.15, 0.2) is 0 Å². The van der Waals surface area contributed by atoms with E-state index in [0.717, 1.165) is 17.8 Å². The number of hydrogen-bond donors (Lipinski definition) is 2. The van der Waals surface area contributed by atoms with Gasteiger partial charge in [0.25, 0.3) is 0 Å². The second-order valence-corrected chi connectivity index (χ2v) is 7.72. The molecular weight excluding hydrogens is 388 g/mol. The second-order valence-electron chi connectivity index (χ2n) is 7.72. The molecule has 0 fully saturated rings. The van der Waals surface area contributed by atoms with E-state index in [0.29, 0.717) is 0 Å². The average Bonchev–Trinajstić information content (AvgIpc) is 2.86. The molecule has 32 heavy (non-hydrogen) atoms. The Morgan fingerprint density at radius 3 is 1.78 bits per heavy atom. The molecule has 2 nitrogen and oxygen atoms in total. The molecule has 0 atom stereocenters. The molecule has 3 N–H and O–H groups in total. The topological polar surface area (TPSA) is 38.0 Å². The highest BCUT2D eigenvalue weighted by Gasteiger charge is 2.04. The molecule has 0 aromatic heterocycles. The molecule has 0 saturated carbocycles. The van der Waals surface area contributed by atoms with Gasteiger partial charge in [0, 0.05) is 18.4 Å². The summed E-state index contributed by atoms with van der Waals surface area (Å²) in [6, 6.07) is 37.7. The predicted molar refractivity (Wildman–Crippen MR) is 138 cm³/mol. The van der Waals surface area contributed by atoms with Crippen LogP contribution in [0.1, 0.15) is 16.7 Å². The number of benzene rings is 4. The molecule has 0 spiro atoms. The Kier molecular flexibility index (Phi) is 6.84. The van der Waals surface area contributed by atoms with Gasteiger partial charge in [-0.15, -0.1) is 0 Å². The molecule has 0 amide bonds. The van der Waals surface area contributed by atoms with Gasteiger partial charge in [0.2, 0.25) is 0 Å². The van der Waals surface area contributed by atoms with Gasteiger partial charge in [0.1, 0.15) is 0 Å². The highest BCUT2D eigenvalue weighted by atomic mass is 14.8.